The van der Waals surface area contributed by atoms with Crippen LogP contribution >= 0.6 is 0 Å². The molecule has 0 saturated carbocycles. The van der Waals surface area contributed by atoms with Crippen LogP contribution in [0.15, 0.2) is 65.7 Å². The number of para-hydroxylation sites is 1. The highest BCUT2D eigenvalue weighted by Gasteiger charge is 2.16. The predicted octanol–water partition coefficient (Wildman–Crippen LogP) is 4.55. The van der Waals surface area contributed by atoms with Gasteiger partial charge in [0.1, 0.15) is 0 Å². The van der Waals surface area contributed by atoms with Crippen molar-refractivity contribution in [3.63, 3.8) is 0 Å². The van der Waals surface area contributed by atoms with Gasteiger partial charge in [-0.15, -0.1) is 0 Å². The van der Waals surface area contributed by atoms with E-state index in [-0.39, 0.29) is 4.90 Å². The Labute approximate surface area is 142 Å². The third-order valence-corrected chi connectivity index (χ3v) is 5.63. The van der Waals surface area contributed by atoms with E-state index in [1.54, 1.807) is 24.4 Å². The number of aromatic nitrogens is 1. The predicted molar refractivity (Wildman–Crippen MR) is 97.7 cm³/mol. The van der Waals surface area contributed by atoms with Crippen molar-refractivity contribution in [1.82, 2.24) is 4.98 Å². The number of benzene rings is 2. The molecule has 1 heterocycles. The van der Waals surface area contributed by atoms with Gasteiger partial charge in [0, 0.05) is 11.6 Å². The van der Waals surface area contributed by atoms with Gasteiger partial charge in [-0.1, -0.05) is 44.2 Å². The number of fused-ring (bicyclic) bond motifs is 1. The van der Waals surface area contributed by atoms with Crippen LogP contribution in [0, 0.1) is 0 Å². The number of anilines is 1. The molecule has 5 heteroatoms. The second-order valence-corrected chi connectivity index (χ2v) is 7.55. The summed E-state index contributed by atoms with van der Waals surface area (Å²) >= 11 is 0. The summed E-state index contributed by atoms with van der Waals surface area (Å²) in [5, 5.41) is 0.893. The van der Waals surface area contributed by atoms with Crippen molar-refractivity contribution >= 4 is 26.6 Å². The van der Waals surface area contributed by atoms with E-state index in [9.17, 15) is 8.42 Å². The van der Waals surface area contributed by atoms with E-state index in [0.717, 1.165) is 17.4 Å². The van der Waals surface area contributed by atoms with Gasteiger partial charge in [-0.3, -0.25) is 9.71 Å². The van der Waals surface area contributed by atoms with Crippen molar-refractivity contribution in [2.45, 2.75) is 31.1 Å². The summed E-state index contributed by atoms with van der Waals surface area (Å²) in [5.41, 5.74) is 2.27. The molecule has 1 aromatic heterocycles. The lowest BCUT2D eigenvalue weighted by Crippen LogP contribution is -2.13. The average Bonchev–Trinajstić information content (AvgIpc) is 2.61. The van der Waals surface area contributed by atoms with Crippen molar-refractivity contribution in [2.75, 3.05) is 4.72 Å². The quantitative estimate of drug-likeness (QED) is 0.741. The van der Waals surface area contributed by atoms with Gasteiger partial charge in [0.25, 0.3) is 10.0 Å². The first-order chi connectivity index (χ1) is 11.5. The highest BCUT2D eigenvalue weighted by Crippen LogP contribution is 2.25. The first-order valence-corrected chi connectivity index (χ1v) is 9.46. The molecule has 2 aromatic carbocycles. The zero-order chi connectivity index (χ0) is 17.2. The third-order valence-electron chi connectivity index (χ3n) is 4.25. The molecule has 0 bridgehead atoms. The van der Waals surface area contributed by atoms with E-state index in [2.05, 4.69) is 23.6 Å². The maximum absolute atomic E-state index is 12.7. The monoisotopic (exact) mass is 340 g/mol. The molecule has 3 aromatic rings. The lowest BCUT2D eigenvalue weighted by molar-refractivity contribution is 0.601. The Morgan fingerprint density at radius 1 is 1.04 bits per heavy atom. The van der Waals surface area contributed by atoms with Gasteiger partial charge in [0.15, 0.2) is 0 Å². The summed E-state index contributed by atoms with van der Waals surface area (Å²) in [6.07, 6.45) is 2.67. The summed E-state index contributed by atoms with van der Waals surface area (Å²) in [5.74, 6) is 0.414. The van der Waals surface area contributed by atoms with Crippen LogP contribution in [-0.4, -0.2) is 13.4 Å². The van der Waals surface area contributed by atoms with Crippen LogP contribution in [0.25, 0.3) is 10.9 Å². The summed E-state index contributed by atoms with van der Waals surface area (Å²) in [7, 11) is -3.64. The normalized spacial score (nSPS) is 12.9. The number of nitrogens with one attached hydrogen (secondary N) is 1. The highest BCUT2D eigenvalue weighted by molar-refractivity contribution is 7.92. The standard InChI is InChI=1S/C19H20N2O2S/c1-3-14(2)15-9-11-17(12-10-15)24(22,23)21-18-8-4-6-16-7-5-13-20-19(16)18/h4-14,21H,3H2,1-2H3/t14-/m1/s1. The molecule has 0 fully saturated rings. The molecule has 0 amide bonds. The number of hydrogen-bond donors (Lipinski definition) is 1. The Hall–Kier alpha value is -2.40. The minimum Gasteiger partial charge on any atom is -0.277 e. The van der Waals surface area contributed by atoms with Crippen molar-refractivity contribution < 1.29 is 8.42 Å². The van der Waals surface area contributed by atoms with Crippen molar-refractivity contribution in [2.24, 2.45) is 0 Å². The van der Waals surface area contributed by atoms with Crippen LogP contribution in [0.4, 0.5) is 5.69 Å². The van der Waals surface area contributed by atoms with Crippen LogP contribution < -0.4 is 4.72 Å². The maximum atomic E-state index is 12.7. The number of sulfonamides is 1. The maximum Gasteiger partial charge on any atom is 0.261 e. The van der Waals surface area contributed by atoms with Gasteiger partial charge in [-0.25, -0.2) is 8.42 Å². The molecular formula is C19H20N2O2S. The molecule has 0 aliphatic rings. The first kappa shape index (κ1) is 16.5. The number of hydrogen-bond acceptors (Lipinski definition) is 3. The fourth-order valence-electron chi connectivity index (χ4n) is 2.60. The molecule has 0 aliphatic heterocycles. The van der Waals surface area contributed by atoms with Crippen molar-refractivity contribution in [3.05, 3.63) is 66.4 Å². The molecule has 1 N–H and O–H groups in total. The minimum atomic E-state index is -3.64. The Kier molecular flexibility index (Phi) is 4.53. The Balaban J connectivity index is 1.93. The number of nitrogens with zero attached hydrogens (tertiary/aromatic N) is 1. The van der Waals surface area contributed by atoms with Gasteiger partial charge < -0.3 is 0 Å². The fourth-order valence-corrected chi connectivity index (χ4v) is 3.67. The molecule has 4 nitrogen and oxygen atoms in total. The van der Waals surface area contributed by atoms with Crippen LogP contribution in [-0.2, 0) is 10.0 Å². The first-order valence-electron chi connectivity index (χ1n) is 7.98. The second kappa shape index (κ2) is 6.61. The Morgan fingerprint density at radius 2 is 1.75 bits per heavy atom. The number of pyridine rings is 1. The number of rotatable bonds is 5. The topological polar surface area (TPSA) is 59.1 Å². The minimum absolute atomic E-state index is 0.252. The highest BCUT2D eigenvalue weighted by atomic mass is 32.2. The molecule has 124 valence electrons. The molecule has 0 aliphatic carbocycles. The molecule has 0 saturated heterocycles. The Bertz CT molecular complexity index is 945. The smallest absolute Gasteiger partial charge is 0.261 e. The van der Waals surface area contributed by atoms with Crippen molar-refractivity contribution in [3.8, 4) is 0 Å². The molecule has 0 unspecified atom stereocenters. The summed E-state index contributed by atoms with van der Waals surface area (Å²) in [6, 6.07) is 16.2. The van der Waals surface area contributed by atoms with Gasteiger partial charge in [-0.2, -0.15) is 0 Å². The SMILES string of the molecule is CC[C@@H](C)c1ccc(S(=O)(=O)Nc2cccc3cccnc23)cc1. The Morgan fingerprint density at radius 3 is 2.46 bits per heavy atom. The van der Waals surface area contributed by atoms with E-state index in [0.29, 0.717) is 17.1 Å². The van der Waals surface area contributed by atoms with Gasteiger partial charge in [0.2, 0.25) is 0 Å². The molecule has 3 rings (SSSR count). The van der Waals surface area contributed by atoms with Gasteiger partial charge in [0.05, 0.1) is 16.1 Å². The van der Waals surface area contributed by atoms with E-state index < -0.39 is 10.0 Å². The van der Waals surface area contributed by atoms with Gasteiger partial charge >= 0.3 is 0 Å². The lowest BCUT2D eigenvalue weighted by Gasteiger charge is -2.12. The third kappa shape index (κ3) is 3.26. The average molecular weight is 340 g/mol. The molecule has 24 heavy (non-hydrogen) atoms. The molecule has 1 atom stereocenters. The van der Waals surface area contributed by atoms with Crippen LogP contribution in [0.5, 0.6) is 0 Å². The molecular weight excluding hydrogens is 320 g/mol. The summed E-state index contributed by atoms with van der Waals surface area (Å²) in [6.45, 7) is 4.24. The van der Waals surface area contributed by atoms with Crippen molar-refractivity contribution in [1.29, 1.82) is 0 Å². The molecule has 0 radical (unpaired) electrons. The lowest BCUT2D eigenvalue weighted by atomic mass is 9.99. The van der Waals surface area contributed by atoms with Crippen LogP contribution in [0.2, 0.25) is 0 Å². The molecule has 0 spiro atoms. The second-order valence-electron chi connectivity index (χ2n) is 5.86. The zero-order valence-electron chi connectivity index (χ0n) is 13.7. The van der Waals surface area contributed by atoms with E-state index in [1.165, 1.54) is 0 Å². The van der Waals surface area contributed by atoms with Crippen LogP contribution in [0.3, 0.4) is 0 Å². The van der Waals surface area contributed by atoms with E-state index >= 15 is 0 Å². The van der Waals surface area contributed by atoms with Crippen LogP contribution in [0.1, 0.15) is 31.7 Å². The largest absolute Gasteiger partial charge is 0.277 e. The van der Waals surface area contributed by atoms with E-state index in [4.69, 9.17) is 0 Å². The summed E-state index contributed by atoms with van der Waals surface area (Å²) < 4.78 is 28.0. The summed E-state index contributed by atoms with van der Waals surface area (Å²) in [4.78, 5) is 4.53. The van der Waals surface area contributed by atoms with E-state index in [1.807, 2.05) is 36.4 Å². The zero-order valence-corrected chi connectivity index (χ0v) is 14.5. The fraction of sp³-hybridized carbons (Fsp3) is 0.211. The van der Waals surface area contributed by atoms with Gasteiger partial charge in [-0.05, 0) is 42.2 Å².